The molecule has 16 heavy (non-hydrogen) atoms. The molecule has 88 valence electrons. The summed E-state index contributed by atoms with van der Waals surface area (Å²) >= 11 is 0. The number of hydrogen-bond acceptors (Lipinski definition) is 3. The van der Waals surface area contributed by atoms with Crippen LogP contribution in [0.25, 0.3) is 0 Å². The maximum absolute atomic E-state index is 8.86. The zero-order valence-corrected chi connectivity index (χ0v) is 9.65. The van der Waals surface area contributed by atoms with Crippen molar-refractivity contribution in [3.63, 3.8) is 0 Å². The van der Waals surface area contributed by atoms with Gasteiger partial charge in [0, 0.05) is 12.6 Å². The maximum Gasteiger partial charge on any atom is 0.119 e. The van der Waals surface area contributed by atoms with Gasteiger partial charge in [-0.15, -0.1) is 0 Å². The second-order valence-corrected chi connectivity index (χ2v) is 3.71. The normalized spacial score (nSPS) is 12.1. The minimum atomic E-state index is 0.122. The molecule has 0 saturated carbocycles. The smallest absolute Gasteiger partial charge is 0.119 e. The molecule has 1 aromatic rings. The van der Waals surface area contributed by atoms with E-state index in [2.05, 4.69) is 11.9 Å². The van der Waals surface area contributed by atoms with Gasteiger partial charge in [-0.25, -0.2) is 0 Å². The Morgan fingerprint density at radius 1 is 1.44 bits per heavy atom. The van der Waals surface area contributed by atoms with E-state index in [1.54, 1.807) is 6.08 Å². The first kappa shape index (κ1) is 12.7. The lowest BCUT2D eigenvalue weighted by atomic mass is 10.2. The molecule has 0 aliphatic heterocycles. The molecule has 0 spiro atoms. The average molecular weight is 221 g/mol. The van der Waals surface area contributed by atoms with Crippen molar-refractivity contribution < 1.29 is 9.84 Å². The van der Waals surface area contributed by atoms with Crippen molar-refractivity contribution in [2.45, 2.75) is 19.5 Å². The van der Waals surface area contributed by atoms with Crippen LogP contribution in [0.15, 0.2) is 36.9 Å². The first-order valence-corrected chi connectivity index (χ1v) is 5.43. The Balaban J connectivity index is 2.41. The van der Waals surface area contributed by atoms with Gasteiger partial charge in [-0.2, -0.15) is 0 Å². The minimum absolute atomic E-state index is 0.122. The van der Waals surface area contributed by atoms with Gasteiger partial charge in [-0.1, -0.05) is 24.8 Å². The van der Waals surface area contributed by atoms with Crippen LogP contribution < -0.4 is 10.1 Å². The van der Waals surface area contributed by atoms with Gasteiger partial charge >= 0.3 is 0 Å². The molecule has 0 fully saturated rings. The van der Waals surface area contributed by atoms with E-state index in [4.69, 9.17) is 9.84 Å². The summed E-state index contributed by atoms with van der Waals surface area (Å²) < 4.78 is 5.38. The molecule has 0 heterocycles. The molecule has 0 amide bonds. The highest BCUT2D eigenvalue weighted by Gasteiger charge is 1.99. The van der Waals surface area contributed by atoms with Crippen LogP contribution in [0.4, 0.5) is 0 Å². The van der Waals surface area contributed by atoms with E-state index in [0.717, 1.165) is 12.3 Å². The monoisotopic (exact) mass is 221 g/mol. The van der Waals surface area contributed by atoms with Gasteiger partial charge in [0.25, 0.3) is 0 Å². The standard InChI is InChI=1S/C13H19NO2/c1-3-8-16-13-6-4-12(5-7-13)9-14-11(2)10-15/h3-7,11,14-15H,1,8-10H2,2H3/t11-/m0/s1. The molecule has 0 aliphatic carbocycles. The molecule has 0 aliphatic rings. The third-order valence-corrected chi connectivity index (χ3v) is 2.22. The predicted octanol–water partition coefficient (Wildman–Crippen LogP) is 1.72. The van der Waals surface area contributed by atoms with Gasteiger partial charge in [-0.3, -0.25) is 0 Å². The van der Waals surface area contributed by atoms with E-state index in [9.17, 15) is 0 Å². The van der Waals surface area contributed by atoms with Gasteiger partial charge in [0.1, 0.15) is 12.4 Å². The Morgan fingerprint density at radius 2 is 2.12 bits per heavy atom. The first-order chi connectivity index (χ1) is 7.76. The molecule has 0 aromatic heterocycles. The van der Waals surface area contributed by atoms with Crippen LogP contribution in [0, 0.1) is 0 Å². The van der Waals surface area contributed by atoms with Crippen molar-refractivity contribution in [1.29, 1.82) is 0 Å². The number of aliphatic hydroxyl groups is 1. The lowest BCUT2D eigenvalue weighted by Gasteiger charge is -2.11. The number of rotatable bonds is 7. The quantitative estimate of drug-likeness (QED) is 0.689. The Bertz CT molecular complexity index is 308. The van der Waals surface area contributed by atoms with Crippen LogP contribution in [0.1, 0.15) is 12.5 Å². The summed E-state index contributed by atoms with van der Waals surface area (Å²) in [7, 11) is 0. The van der Waals surface area contributed by atoms with Crippen molar-refractivity contribution >= 4 is 0 Å². The largest absolute Gasteiger partial charge is 0.490 e. The van der Waals surface area contributed by atoms with E-state index < -0.39 is 0 Å². The summed E-state index contributed by atoms with van der Waals surface area (Å²) in [6.45, 7) is 6.97. The molecule has 1 aromatic carbocycles. The number of aliphatic hydroxyl groups excluding tert-OH is 1. The molecule has 2 N–H and O–H groups in total. The molecular formula is C13H19NO2. The second kappa shape index (κ2) is 7.04. The van der Waals surface area contributed by atoms with Crippen LogP contribution in [-0.2, 0) is 6.54 Å². The third kappa shape index (κ3) is 4.47. The highest BCUT2D eigenvalue weighted by molar-refractivity contribution is 5.27. The minimum Gasteiger partial charge on any atom is -0.490 e. The van der Waals surface area contributed by atoms with Gasteiger partial charge in [0.15, 0.2) is 0 Å². The summed E-state index contributed by atoms with van der Waals surface area (Å²) in [5.41, 5.74) is 1.17. The molecular weight excluding hydrogens is 202 g/mol. The van der Waals surface area contributed by atoms with Crippen molar-refractivity contribution in [2.75, 3.05) is 13.2 Å². The van der Waals surface area contributed by atoms with Crippen LogP contribution in [-0.4, -0.2) is 24.4 Å². The van der Waals surface area contributed by atoms with Crippen molar-refractivity contribution in [2.24, 2.45) is 0 Å². The lowest BCUT2D eigenvalue weighted by molar-refractivity contribution is 0.251. The number of ether oxygens (including phenoxy) is 1. The molecule has 3 heteroatoms. The topological polar surface area (TPSA) is 41.5 Å². The number of nitrogens with one attached hydrogen (secondary N) is 1. The first-order valence-electron chi connectivity index (χ1n) is 5.43. The maximum atomic E-state index is 8.86. The fraction of sp³-hybridized carbons (Fsp3) is 0.385. The van der Waals surface area contributed by atoms with Gasteiger partial charge in [-0.05, 0) is 24.6 Å². The number of benzene rings is 1. The number of hydrogen-bond donors (Lipinski definition) is 2. The Labute approximate surface area is 96.8 Å². The second-order valence-electron chi connectivity index (χ2n) is 3.71. The fourth-order valence-electron chi connectivity index (χ4n) is 1.22. The summed E-state index contributed by atoms with van der Waals surface area (Å²) in [5.74, 6) is 0.846. The fourth-order valence-corrected chi connectivity index (χ4v) is 1.22. The lowest BCUT2D eigenvalue weighted by Crippen LogP contribution is -2.28. The summed E-state index contributed by atoms with van der Waals surface area (Å²) in [6.07, 6.45) is 1.72. The zero-order chi connectivity index (χ0) is 11.8. The Kier molecular flexibility index (Phi) is 5.61. The molecule has 3 nitrogen and oxygen atoms in total. The molecule has 0 radical (unpaired) electrons. The van der Waals surface area contributed by atoms with Gasteiger partial charge < -0.3 is 15.2 Å². The Hall–Kier alpha value is -1.32. The van der Waals surface area contributed by atoms with Gasteiger partial charge in [0.2, 0.25) is 0 Å². The van der Waals surface area contributed by atoms with E-state index in [1.165, 1.54) is 5.56 Å². The van der Waals surface area contributed by atoms with E-state index in [-0.39, 0.29) is 12.6 Å². The zero-order valence-electron chi connectivity index (χ0n) is 9.65. The summed E-state index contributed by atoms with van der Waals surface area (Å²) in [4.78, 5) is 0. The molecule has 0 bridgehead atoms. The molecule has 1 rings (SSSR count). The van der Waals surface area contributed by atoms with Crippen LogP contribution in [0.3, 0.4) is 0 Å². The highest BCUT2D eigenvalue weighted by Crippen LogP contribution is 2.12. The Morgan fingerprint density at radius 3 is 2.69 bits per heavy atom. The third-order valence-electron chi connectivity index (χ3n) is 2.22. The van der Waals surface area contributed by atoms with Crippen LogP contribution >= 0.6 is 0 Å². The summed E-state index contributed by atoms with van der Waals surface area (Å²) in [6, 6.07) is 8.01. The van der Waals surface area contributed by atoms with E-state index in [1.807, 2.05) is 31.2 Å². The summed E-state index contributed by atoms with van der Waals surface area (Å²) in [5, 5.41) is 12.1. The highest BCUT2D eigenvalue weighted by atomic mass is 16.5. The molecule has 0 saturated heterocycles. The molecule has 1 atom stereocenters. The van der Waals surface area contributed by atoms with Crippen LogP contribution in [0.5, 0.6) is 5.75 Å². The molecule has 0 unspecified atom stereocenters. The van der Waals surface area contributed by atoms with Gasteiger partial charge in [0.05, 0.1) is 6.61 Å². The van der Waals surface area contributed by atoms with E-state index >= 15 is 0 Å². The average Bonchev–Trinajstić information content (AvgIpc) is 2.34. The predicted molar refractivity (Wildman–Crippen MR) is 65.5 cm³/mol. The van der Waals surface area contributed by atoms with Crippen LogP contribution in [0.2, 0.25) is 0 Å². The van der Waals surface area contributed by atoms with E-state index in [0.29, 0.717) is 6.61 Å². The SMILES string of the molecule is C=CCOc1ccc(CN[C@@H](C)CO)cc1. The van der Waals surface area contributed by atoms with Crippen molar-refractivity contribution in [1.82, 2.24) is 5.32 Å². The van der Waals surface area contributed by atoms with Crippen molar-refractivity contribution in [3.05, 3.63) is 42.5 Å². The van der Waals surface area contributed by atoms with Crippen molar-refractivity contribution in [3.8, 4) is 5.75 Å².